The fourth-order valence-corrected chi connectivity index (χ4v) is 3.95. The molecule has 0 saturated carbocycles. The van der Waals surface area contributed by atoms with Crippen LogP contribution in [0.4, 0.5) is 0 Å². The minimum atomic E-state index is -3.56. The number of benzene rings is 1. The second-order valence-corrected chi connectivity index (χ2v) is 6.92. The van der Waals surface area contributed by atoms with Crippen LogP contribution in [-0.2, 0) is 9.84 Å². The molecule has 0 bridgehead atoms. The summed E-state index contributed by atoms with van der Waals surface area (Å²) < 4.78 is 34.2. The van der Waals surface area contributed by atoms with Crippen molar-refractivity contribution in [3.8, 4) is 11.5 Å². The fourth-order valence-electron chi connectivity index (χ4n) is 1.59. The van der Waals surface area contributed by atoms with E-state index >= 15 is 0 Å². The molecule has 0 aromatic heterocycles. The number of carbonyl (C=O) groups is 1. The molecular weight excluding hydrogens is 304 g/mol. The van der Waals surface area contributed by atoms with Gasteiger partial charge in [0.05, 0.1) is 24.9 Å². The molecule has 1 aromatic carbocycles. The zero-order valence-electron chi connectivity index (χ0n) is 11.4. The molecule has 0 aliphatic carbocycles. The number of carboxylic acid groups (broad SMARTS) is 1. The molecule has 1 rings (SSSR count). The summed E-state index contributed by atoms with van der Waals surface area (Å²) in [6.45, 7) is 0. The molecule has 0 radical (unpaired) electrons. The van der Waals surface area contributed by atoms with E-state index < -0.39 is 15.8 Å². The molecule has 0 spiro atoms. The Hall–Kier alpha value is -1.41. The molecule has 0 amide bonds. The average Bonchev–Trinajstić information content (AvgIpc) is 2.43. The van der Waals surface area contributed by atoms with Gasteiger partial charge in [-0.1, -0.05) is 0 Å². The fraction of sp³-hybridized carbons (Fsp3) is 0.417. The molecule has 8 heteroatoms. The van der Waals surface area contributed by atoms with Crippen molar-refractivity contribution in [2.45, 2.75) is 4.90 Å². The van der Waals surface area contributed by atoms with E-state index in [0.717, 1.165) is 6.07 Å². The van der Waals surface area contributed by atoms with Gasteiger partial charge in [-0.25, -0.2) is 13.2 Å². The van der Waals surface area contributed by atoms with Gasteiger partial charge in [0.2, 0.25) is 0 Å². The highest BCUT2D eigenvalue weighted by atomic mass is 32.2. The maximum Gasteiger partial charge on any atom is 0.339 e. The molecule has 0 unspecified atom stereocenters. The van der Waals surface area contributed by atoms with E-state index in [4.69, 9.17) is 14.6 Å². The Balaban J connectivity index is 3.43. The predicted molar refractivity (Wildman–Crippen MR) is 76.9 cm³/mol. The first kappa shape index (κ1) is 16.6. The summed E-state index contributed by atoms with van der Waals surface area (Å²) >= 11 is 1.40. The van der Waals surface area contributed by atoms with E-state index in [1.165, 1.54) is 32.0 Å². The van der Waals surface area contributed by atoms with Crippen LogP contribution in [0.1, 0.15) is 10.4 Å². The first-order valence-electron chi connectivity index (χ1n) is 5.58. The highest BCUT2D eigenvalue weighted by Gasteiger charge is 2.23. The number of ether oxygens (including phenoxy) is 2. The molecule has 112 valence electrons. The normalized spacial score (nSPS) is 11.2. The molecule has 0 fully saturated rings. The number of aromatic carboxylic acids is 1. The smallest absolute Gasteiger partial charge is 0.339 e. The van der Waals surface area contributed by atoms with E-state index in [1.807, 2.05) is 0 Å². The van der Waals surface area contributed by atoms with Crippen molar-refractivity contribution in [3.63, 3.8) is 0 Å². The second kappa shape index (κ2) is 6.85. The number of methoxy groups -OCH3 is 2. The Bertz CT molecular complexity index is 594. The third-order valence-electron chi connectivity index (χ3n) is 2.60. The van der Waals surface area contributed by atoms with Crippen LogP contribution < -0.4 is 9.47 Å². The molecule has 0 heterocycles. The molecular formula is C12H16O6S2. The quantitative estimate of drug-likeness (QED) is 0.815. The van der Waals surface area contributed by atoms with E-state index in [2.05, 4.69) is 0 Å². The Labute approximate surface area is 122 Å². The van der Waals surface area contributed by atoms with Gasteiger partial charge in [-0.15, -0.1) is 0 Å². The van der Waals surface area contributed by atoms with Gasteiger partial charge in [0, 0.05) is 11.8 Å². The van der Waals surface area contributed by atoms with Gasteiger partial charge < -0.3 is 14.6 Å². The van der Waals surface area contributed by atoms with E-state index in [1.54, 1.807) is 6.26 Å². The van der Waals surface area contributed by atoms with Gasteiger partial charge in [-0.3, -0.25) is 0 Å². The van der Waals surface area contributed by atoms with Gasteiger partial charge in [0.25, 0.3) is 0 Å². The van der Waals surface area contributed by atoms with Crippen molar-refractivity contribution in [2.24, 2.45) is 0 Å². The van der Waals surface area contributed by atoms with Gasteiger partial charge in [-0.05, 0) is 12.3 Å². The summed E-state index contributed by atoms with van der Waals surface area (Å²) in [5.41, 5.74) is -0.241. The first-order chi connectivity index (χ1) is 9.37. The summed E-state index contributed by atoms with van der Waals surface area (Å²) in [5.74, 6) is -0.831. The molecule has 0 atom stereocenters. The van der Waals surface area contributed by atoms with Crippen LogP contribution in [0, 0.1) is 0 Å². The third kappa shape index (κ3) is 3.57. The molecule has 6 nitrogen and oxygen atoms in total. The summed E-state index contributed by atoms with van der Waals surface area (Å²) in [6, 6.07) is 2.38. The monoisotopic (exact) mass is 320 g/mol. The largest absolute Gasteiger partial charge is 0.493 e. The lowest BCUT2D eigenvalue weighted by Crippen LogP contribution is -2.11. The van der Waals surface area contributed by atoms with Gasteiger partial charge in [-0.2, -0.15) is 11.8 Å². The summed E-state index contributed by atoms with van der Waals surface area (Å²) in [5, 5.41) is 9.15. The van der Waals surface area contributed by atoms with Crippen molar-refractivity contribution >= 4 is 27.6 Å². The van der Waals surface area contributed by atoms with Crippen LogP contribution in [0.5, 0.6) is 11.5 Å². The van der Waals surface area contributed by atoms with Crippen LogP contribution in [0.15, 0.2) is 17.0 Å². The van der Waals surface area contributed by atoms with Crippen molar-refractivity contribution in [2.75, 3.05) is 32.0 Å². The van der Waals surface area contributed by atoms with Crippen LogP contribution in [0.2, 0.25) is 0 Å². The maximum atomic E-state index is 12.1. The van der Waals surface area contributed by atoms with Crippen molar-refractivity contribution in [1.82, 2.24) is 0 Å². The van der Waals surface area contributed by atoms with Crippen LogP contribution in [-0.4, -0.2) is 51.5 Å². The zero-order valence-corrected chi connectivity index (χ0v) is 13.0. The average molecular weight is 320 g/mol. The molecule has 1 aromatic rings. The Morgan fingerprint density at radius 2 is 1.95 bits per heavy atom. The minimum Gasteiger partial charge on any atom is -0.493 e. The number of hydrogen-bond acceptors (Lipinski definition) is 6. The summed E-state index contributed by atoms with van der Waals surface area (Å²) in [7, 11) is -0.937. The maximum absolute atomic E-state index is 12.1. The highest BCUT2D eigenvalue weighted by molar-refractivity contribution is 8.00. The van der Waals surface area contributed by atoms with Crippen LogP contribution >= 0.6 is 11.8 Å². The van der Waals surface area contributed by atoms with Gasteiger partial charge in [0.1, 0.15) is 5.56 Å². The zero-order chi connectivity index (χ0) is 15.3. The SMILES string of the molecule is COc1cc(S(=O)(=O)CCSC)cc(C(=O)O)c1OC. The molecule has 1 N–H and O–H groups in total. The molecule has 0 saturated heterocycles. The van der Waals surface area contributed by atoms with E-state index in [9.17, 15) is 13.2 Å². The van der Waals surface area contributed by atoms with E-state index in [0.29, 0.717) is 5.75 Å². The molecule has 0 aliphatic rings. The first-order valence-corrected chi connectivity index (χ1v) is 8.63. The second-order valence-electron chi connectivity index (χ2n) is 3.82. The highest BCUT2D eigenvalue weighted by Crippen LogP contribution is 2.34. The number of rotatable bonds is 7. The van der Waals surface area contributed by atoms with Gasteiger partial charge in [0.15, 0.2) is 21.3 Å². The van der Waals surface area contributed by atoms with Crippen molar-refractivity contribution in [1.29, 1.82) is 0 Å². The van der Waals surface area contributed by atoms with E-state index in [-0.39, 0.29) is 27.7 Å². The van der Waals surface area contributed by atoms with Crippen LogP contribution in [0.3, 0.4) is 0 Å². The molecule has 0 aliphatic heterocycles. The standard InChI is InChI=1S/C12H16O6S2/c1-17-10-7-8(20(15,16)5-4-19-3)6-9(12(13)14)11(10)18-2/h6-7H,4-5H2,1-3H3,(H,13,14). The van der Waals surface area contributed by atoms with Crippen molar-refractivity contribution in [3.05, 3.63) is 17.7 Å². The number of hydrogen-bond donors (Lipinski definition) is 1. The lowest BCUT2D eigenvalue weighted by molar-refractivity contribution is 0.0692. The number of sulfone groups is 1. The van der Waals surface area contributed by atoms with Crippen LogP contribution in [0.25, 0.3) is 0 Å². The topological polar surface area (TPSA) is 89.9 Å². The Morgan fingerprint density at radius 3 is 2.40 bits per heavy atom. The lowest BCUT2D eigenvalue weighted by atomic mass is 10.2. The number of carboxylic acids is 1. The summed E-state index contributed by atoms with van der Waals surface area (Å²) in [6.07, 6.45) is 1.80. The van der Waals surface area contributed by atoms with Crippen molar-refractivity contribution < 1.29 is 27.8 Å². The minimum absolute atomic E-state index is 0.00353. The predicted octanol–water partition coefficient (Wildman–Crippen LogP) is 1.54. The van der Waals surface area contributed by atoms with Gasteiger partial charge >= 0.3 is 5.97 Å². The third-order valence-corrected chi connectivity index (χ3v) is 5.16. The molecule has 20 heavy (non-hydrogen) atoms. The number of thioether (sulfide) groups is 1. The Morgan fingerprint density at radius 1 is 1.30 bits per heavy atom. The summed E-state index contributed by atoms with van der Waals surface area (Å²) in [4.78, 5) is 11.1. The lowest BCUT2D eigenvalue weighted by Gasteiger charge is -2.13. The Kier molecular flexibility index (Phi) is 5.70.